The van der Waals surface area contributed by atoms with Gasteiger partial charge in [-0.1, -0.05) is 13.3 Å². The fraction of sp³-hybridized carbons (Fsp3) is 1.00. The van der Waals surface area contributed by atoms with E-state index in [1.807, 2.05) is 28.2 Å². The highest BCUT2D eigenvalue weighted by atomic mass is 15.2. The molecule has 0 aliphatic heterocycles. The fourth-order valence-electron chi connectivity index (χ4n) is 1.78. The van der Waals surface area contributed by atoms with Crippen LogP contribution in [0.3, 0.4) is 0 Å². The monoisotopic (exact) mass is 260 g/mol. The lowest BCUT2D eigenvalue weighted by atomic mass is 10.2. The van der Waals surface area contributed by atoms with Gasteiger partial charge < -0.3 is 21.3 Å². The number of hydrogen-bond acceptors (Lipinski definition) is 6. The zero-order valence-electron chi connectivity index (χ0n) is 12.6. The van der Waals surface area contributed by atoms with E-state index in [-0.39, 0.29) is 0 Å². The van der Waals surface area contributed by atoms with Crippen LogP contribution in [-0.4, -0.2) is 59.8 Å². The Morgan fingerprint density at radius 2 is 1.06 bits per heavy atom. The Morgan fingerprint density at radius 3 is 1.33 bits per heavy atom. The molecule has 0 bridgehead atoms. The van der Waals surface area contributed by atoms with E-state index in [1.54, 1.807) is 0 Å². The number of nitrogens with one attached hydrogen (secondary N) is 6. The maximum atomic E-state index is 3.53. The highest BCUT2D eigenvalue weighted by Gasteiger charge is 2.11. The average Bonchev–Trinajstić information content (AvgIpc) is 2.40. The molecule has 0 atom stereocenters. The minimum atomic E-state index is 0.301. The minimum Gasteiger partial charge on any atom is -0.304 e. The van der Waals surface area contributed by atoms with Crippen LogP contribution in [0.1, 0.15) is 19.8 Å². The molecule has 0 saturated heterocycles. The maximum Gasteiger partial charge on any atom is 0.0696 e. The molecular formula is C12H32N6. The Morgan fingerprint density at radius 1 is 0.667 bits per heavy atom. The molecule has 0 fully saturated rings. The summed E-state index contributed by atoms with van der Waals surface area (Å²) in [6.45, 7) is 4.00. The van der Waals surface area contributed by atoms with E-state index in [4.69, 9.17) is 0 Å². The molecule has 0 aromatic rings. The molecule has 0 aromatic carbocycles. The van der Waals surface area contributed by atoms with Gasteiger partial charge in [-0.2, -0.15) is 0 Å². The third-order valence-electron chi connectivity index (χ3n) is 3.11. The summed E-state index contributed by atoms with van der Waals surface area (Å²) < 4.78 is 0. The molecule has 18 heavy (non-hydrogen) atoms. The van der Waals surface area contributed by atoms with Crippen LogP contribution in [-0.2, 0) is 0 Å². The first kappa shape index (κ1) is 17.8. The first-order valence-corrected chi connectivity index (χ1v) is 6.87. The van der Waals surface area contributed by atoms with Gasteiger partial charge in [0.05, 0.1) is 18.5 Å². The summed E-state index contributed by atoms with van der Waals surface area (Å²) in [7, 11) is 7.85. The van der Waals surface area contributed by atoms with Gasteiger partial charge in [-0.15, -0.1) is 0 Å². The minimum absolute atomic E-state index is 0.301. The Bertz CT molecular complexity index is 154. The van der Waals surface area contributed by atoms with Gasteiger partial charge in [-0.25, -0.2) is 0 Å². The van der Waals surface area contributed by atoms with Crippen LogP contribution in [0.15, 0.2) is 0 Å². The molecule has 0 rings (SSSR count). The number of hydrogen-bond donors (Lipinski definition) is 6. The summed E-state index contributed by atoms with van der Waals surface area (Å²) in [5, 5.41) is 19.9. The van der Waals surface area contributed by atoms with Crippen LogP contribution in [0, 0.1) is 0 Å². The Balaban J connectivity index is 3.97. The van der Waals surface area contributed by atoms with Crippen molar-refractivity contribution in [2.45, 2.75) is 38.3 Å². The second-order valence-electron chi connectivity index (χ2n) is 4.42. The molecule has 0 aliphatic carbocycles. The summed E-state index contributed by atoms with van der Waals surface area (Å²) >= 11 is 0. The van der Waals surface area contributed by atoms with Crippen LogP contribution in [0.2, 0.25) is 0 Å². The lowest BCUT2D eigenvalue weighted by molar-refractivity contribution is 0.335. The van der Waals surface area contributed by atoms with E-state index >= 15 is 0 Å². The molecule has 0 amide bonds. The van der Waals surface area contributed by atoms with Crippen molar-refractivity contribution < 1.29 is 0 Å². The topological polar surface area (TPSA) is 72.2 Å². The molecule has 6 N–H and O–H groups in total. The van der Waals surface area contributed by atoms with Crippen LogP contribution in [0.5, 0.6) is 0 Å². The third-order valence-corrected chi connectivity index (χ3v) is 3.11. The molecule has 6 heteroatoms. The van der Waals surface area contributed by atoms with Crippen molar-refractivity contribution in [1.82, 2.24) is 31.9 Å². The van der Waals surface area contributed by atoms with Gasteiger partial charge in [-0.3, -0.25) is 10.6 Å². The van der Waals surface area contributed by atoms with Gasteiger partial charge in [0.25, 0.3) is 0 Å². The standard InChI is InChI=1S/C12H32N6/c1-6-7-10(17-8-11(13-2)14-3)18-9-12(15-4)16-5/h10-18H,6-9H2,1-5H3. The van der Waals surface area contributed by atoms with Gasteiger partial charge in [0.1, 0.15) is 0 Å². The molecule has 110 valence electrons. The summed E-state index contributed by atoms with van der Waals surface area (Å²) in [5.74, 6) is 0. The van der Waals surface area contributed by atoms with E-state index in [2.05, 4.69) is 38.8 Å². The van der Waals surface area contributed by atoms with Crippen molar-refractivity contribution in [3.63, 3.8) is 0 Å². The summed E-state index contributed by atoms with van der Waals surface area (Å²) in [6.07, 6.45) is 3.24. The molecule has 0 unspecified atom stereocenters. The maximum absolute atomic E-state index is 3.53. The van der Waals surface area contributed by atoms with Crippen molar-refractivity contribution in [3.8, 4) is 0 Å². The lowest BCUT2D eigenvalue weighted by Gasteiger charge is -2.25. The number of likely N-dealkylation sites (N-methyl/N-ethyl adjacent to an activating group) is 4. The van der Waals surface area contributed by atoms with Crippen LogP contribution in [0.4, 0.5) is 0 Å². The molecular weight excluding hydrogens is 228 g/mol. The van der Waals surface area contributed by atoms with Crippen molar-refractivity contribution >= 4 is 0 Å². The smallest absolute Gasteiger partial charge is 0.0696 e. The normalized spacial score (nSPS) is 12.0. The second-order valence-corrected chi connectivity index (χ2v) is 4.42. The SMILES string of the molecule is CCCC(NCC(NC)NC)NCC(NC)NC. The van der Waals surface area contributed by atoms with E-state index in [9.17, 15) is 0 Å². The largest absolute Gasteiger partial charge is 0.304 e. The fourth-order valence-corrected chi connectivity index (χ4v) is 1.78. The van der Waals surface area contributed by atoms with Gasteiger partial charge in [0.2, 0.25) is 0 Å². The van der Waals surface area contributed by atoms with Crippen molar-refractivity contribution in [1.29, 1.82) is 0 Å². The van der Waals surface area contributed by atoms with E-state index in [0.29, 0.717) is 18.5 Å². The molecule has 0 spiro atoms. The Labute approximate surface area is 112 Å². The predicted molar refractivity (Wildman–Crippen MR) is 78.5 cm³/mol. The zero-order chi connectivity index (χ0) is 13.8. The average molecular weight is 260 g/mol. The Kier molecular flexibility index (Phi) is 11.7. The molecule has 0 radical (unpaired) electrons. The number of rotatable bonds is 12. The molecule has 6 nitrogen and oxygen atoms in total. The lowest BCUT2D eigenvalue weighted by Crippen LogP contribution is -2.55. The third kappa shape index (κ3) is 7.97. The summed E-state index contributed by atoms with van der Waals surface area (Å²) in [4.78, 5) is 0. The van der Waals surface area contributed by atoms with Crippen LogP contribution < -0.4 is 31.9 Å². The van der Waals surface area contributed by atoms with Gasteiger partial charge in [-0.05, 0) is 34.6 Å². The first-order chi connectivity index (χ1) is 8.71. The highest BCUT2D eigenvalue weighted by molar-refractivity contribution is 4.72. The van der Waals surface area contributed by atoms with E-state index in [1.165, 1.54) is 0 Å². The molecule has 0 aromatic heterocycles. The van der Waals surface area contributed by atoms with Gasteiger partial charge in [0.15, 0.2) is 0 Å². The van der Waals surface area contributed by atoms with Crippen molar-refractivity contribution in [3.05, 3.63) is 0 Å². The van der Waals surface area contributed by atoms with E-state index < -0.39 is 0 Å². The predicted octanol–water partition coefficient (Wildman–Crippen LogP) is -1.18. The van der Waals surface area contributed by atoms with Crippen LogP contribution in [0.25, 0.3) is 0 Å². The summed E-state index contributed by atoms with van der Waals surface area (Å²) in [6, 6.07) is 0. The van der Waals surface area contributed by atoms with Crippen molar-refractivity contribution in [2.75, 3.05) is 41.3 Å². The van der Waals surface area contributed by atoms with Crippen molar-refractivity contribution in [2.24, 2.45) is 0 Å². The van der Waals surface area contributed by atoms with Gasteiger partial charge >= 0.3 is 0 Å². The molecule has 0 heterocycles. The quantitative estimate of drug-likeness (QED) is 0.248. The summed E-state index contributed by atoms with van der Waals surface area (Å²) in [5.41, 5.74) is 0. The molecule has 0 saturated carbocycles. The first-order valence-electron chi connectivity index (χ1n) is 6.87. The van der Waals surface area contributed by atoms with E-state index in [0.717, 1.165) is 25.9 Å². The molecule has 0 aliphatic rings. The van der Waals surface area contributed by atoms with Crippen LogP contribution >= 0.6 is 0 Å². The zero-order valence-corrected chi connectivity index (χ0v) is 12.6. The highest BCUT2D eigenvalue weighted by Crippen LogP contribution is 1.93. The Hall–Kier alpha value is -0.240. The second kappa shape index (κ2) is 11.8. The van der Waals surface area contributed by atoms with Gasteiger partial charge in [0, 0.05) is 13.1 Å².